The minimum absolute atomic E-state index is 0.0608. The van der Waals surface area contributed by atoms with Crippen LogP contribution < -0.4 is 19.2 Å². The van der Waals surface area contributed by atoms with E-state index in [4.69, 9.17) is 0 Å². The van der Waals surface area contributed by atoms with Crippen LogP contribution in [0.5, 0.6) is 0 Å². The molecule has 1 amide bonds. The molecule has 15 nitrogen and oxygen atoms in total. The van der Waals surface area contributed by atoms with Crippen molar-refractivity contribution in [1.29, 1.82) is 0 Å². The molecule has 0 aliphatic carbocycles. The molecule has 0 bridgehead atoms. The number of aliphatic hydroxyl groups is 4. The van der Waals surface area contributed by atoms with Gasteiger partial charge in [0.2, 0.25) is 26.0 Å². The number of benzene rings is 4. The van der Waals surface area contributed by atoms with E-state index in [0.717, 1.165) is 67.1 Å². The lowest BCUT2D eigenvalue weighted by atomic mass is 9.94. The number of sulfonamides is 2. The van der Waals surface area contributed by atoms with Crippen LogP contribution >= 0.6 is 0 Å². The molecule has 0 radical (unpaired) electrons. The first-order valence-corrected chi connectivity index (χ1v) is 26.1. The van der Waals surface area contributed by atoms with E-state index in [1.807, 2.05) is 91.4 Å². The Morgan fingerprint density at radius 3 is 1.52 bits per heavy atom. The Kier molecular flexibility index (Phi) is 19.8. The van der Waals surface area contributed by atoms with E-state index in [-0.39, 0.29) is 28.8 Å². The Balaban J connectivity index is 1.07. The smallest absolute Gasteiger partial charge is 0.241 e. The highest BCUT2D eigenvalue weighted by molar-refractivity contribution is 7.90. The highest BCUT2D eigenvalue weighted by atomic mass is 32.2. The van der Waals surface area contributed by atoms with Crippen molar-refractivity contribution in [3.05, 3.63) is 72.8 Å². The number of anilines is 2. The molecule has 17 heteroatoms. The topological polar surface area (TPSA) is 203 Å². The number of hydrogen-bond acceptors (Lipinski definition) is 12. The van der Waals surface area contributed by atoms with Gasteiger partial charge in [0.15, 0.2) is 0 Å². The maximum Gasteiger partial charge on any atom is 0.241 e. The number of unbranched alkanes of at least 4 members (excludes halogenated alkanes) is 8. The second-order valence-electron chi connectivity index (χ2n) is 17.7. The van der Waals surface area contributed by atoms with Crippen LogP contribution in [0.25, 0.3) is 21.5 Å². The normalized spacial score (nSPS) is 18.3. The summed E-state index contributed by atoms with van der Waals surface area (Å²) in [6.45, 7) is 2.10. The van der Waals surface area contributed by atoms with Crippen LogP contribution in [0.15, 0.2) is 82.6 Å². The first-order valence-electron chi connectivity index (χ1n) is 23.1. The molecule has 1 heterocycles. The van der Waals surface area contributed by atoms with Crippen molar-refractivity contribution in [2.24, 2.45) is 0 Å². The summed E-state index contributed by atoms with van der Waals surface area (Å²) >= 11 is 0. The van der Waals surface area contributed by atoms with E-state index in [2.05, 4.69) is 9.44 Å². The maximum absolute atomic E-state index is 13.6. The number of piperidine rings is 1. The molecule has 4 atom stereocenters. The summed E-state index contributed by atoms with van der Waals surface area (Å²) in [4.78, 5) is 21.7. The average molecular weight is 941 g/mol. The van der Waals surface area contributed by atoms with Crippen LogP contribution in [0.2, 0.25) is 0 Å². The molecular weight excluding hydrogens is 869 g/mol. The van der Waals surface area contributed by atoms with E-state index in [9.17, 15) is 42.1 Å². The minimum Gasteiger partial charge on any atom is -0.395 e. The lowest BCUT2D eigenvalue weighted by Gasteiger charge is -2.43. The predicted octanol–water partition coefficient (Wildman–Crippen LogP) is 4.65. The number of β-amino-alcohol motifs (C(OH)–C–C–N with tert-alkyl or cyclic N) is 1. The number of carbonyl (C=O) groups excluding carboxylic acids is 1. The number of nitrogens with one attached hydrogen (secondary N) is 2. The maximum atomic E-state index is 13.6. The number of nitrogens with zero attached hydrogens (tertiary/aromatic N) is 4. The Morgan fingerprint density at radius 1 is 0.600 bits per heavy atom. The van der Waals surface area contributed by atoms with Crippen LogP contribution in [-0.4, -0.2) is 151 Å². The standard InChI is InChI=1S/C48H72N6O9S2/c1-51(2)40-24-16-22-38-36(40)20-18-26-44(38)64(60,61)49-29-11-5-7-13-31-53(46(57)28-10-9-15-33-54-34-43(56)48(59)47(58)42(54)35-55)32-14-8-6-12-30-50-65(62,63)45-27-19-21-37-39(45)23-17-25-41(37)52(3)4/h16-27,42-43,47-50,55-56,58-59H,5-15,28-35H2,1-4H3/t42-,43+,47+,48-/m1/s1. The molecule has 65 heavy (non-hydrogen) atoms. The first kappa shape index (κ1) is 52.1. The van der Waals surface area contributed by atoms with E-state index < -0.39 is 44.4 Å². The van der Waals surface area contributed by atoms with Gasteiger partial charge in [-0.1, -0.05) is 80.6 Å². The van der Waals surface area contributed by atoms with Crippen LogP contribution in [0.3, 0.4) is 0 Å². The molecule has 0 unspecified atom stereocenters. The summed E-state index contributed by atoms with van der Waals surface area (Å²) in [5, 5.41) is 43.4. The van der Waals surface area contributed by atoms with Gasteiger partial charge in [-0.25, -0.2) is 26.3 Å². The monoisotopic (exact) mass is 940 g/mol. The molecule has 4 aromatic rings. The van der Waals surface area contributed by atoms with Crippen molar-refractivity contribution in [1.82, 2.24) is 19.2 Å². The molecule has 5 rings (SSSR count). The van der Waals surface area contributed by atoms with Gasteiger partial charge in [-0.05, 0) is 69.3 Å². The summed E-state index contributed by atoms with van der Waals surface area (Å²) in [6.07, 6.45) is 4.90. The Hall–Kier alpha value is -3.91. The third kappa shape index (κ3) is 14.1. The highest BCUT2D eigenvalue weighted by Gasteiger charge is 2.40. The van der Waals surface area contributed by atoms with Crippen LogP contribution in [-0.2, 0) is 24.8 Å². The zero-order valence-electron chi connectivity index (χ0n) is 38.6. The number of likely N-dealkylation sites (tertiary alicyclic amines) is 1. The summed E-state index contributed by atoms with van der Waals surface area (Å²) in [5.74, 6) is 0.0608. The molecule has 0 saturated carbocycles. The fourth-order valence-electron chi connectivity index (χ4n) is 8.83. The van der Waals surface area contributed by atoms with E-state index >= 15 is 0 Å². The Morgan fingerprint density at radius 2 is 1.05 bits per heavy atom. The highest BCUT2D eigenvalue weighted by Crippen LogP contribution is 2.31. The van der Waals surface area contributed by atoms with Gasteiger partial charge < -0.3 is 35.1 Å². The molecule has 6 N–H and O–H groups in total. The van der Waals surface area contributed by atoms with Crippen molar-refractivity contribution in [3.63, 3.8) is 0 Å². The lowest BCUT2D eigenvalue weighted by Crippen LogP contribution is -2.62. The van der Waals surface area contributed by atoms with Gasteiger partial charge in [0.05, 0.1) is 28.5 Å². The van der Waals surface area contributed by atoms with Crippen LogP contribution in [0.4, 0.5) is 11.4 Å². The van der Waals surface area contributed by atoms with Gasteiger partial charge >= 0.3 is 0 Å². The summed E-state index contributed by atoms with van der Waals surface area (Å²) in [5.41, 5.74) is 1.89. The lowest BCUT2D eigenvalue weighted by molar-refractivity contribution is -0.145. The number of carbonyl (C=O) groups is 1. The van der Waals surface area contributed by atoms with Crippen LogP contribution in [0, 0.1) is 0 Å². The molecule has 360 valence electrons. The largest absolute Gasteiger partial charge is 0.395 e. The first-order chi connectivity index (χ1) is 31.1. The summed E-state index contributed by atoms with van der Waals surface area (Å²) in [7, 11) is 0.256. The molecule has 1 aliphatic rings. The van der Waals surface area contributed by atoms with E-state index in [1.54, 1.807) is 29.2 Å². The fraction of sp³-hybridized carbons (Fsp3) is 0.562. The quantitative estimate of drug-likeness (QED) is 0.0453. The second kappa shape index (κ2) is 24.7. The van der Waals surface area contributed by atoms with Gasteiger partial charge in [0, 0.05) is 100 Å². The minimum atomic E-state index is -3.73. The zero-order valence-corrected chi connectivity index (χ0v) is 40.2. The molecular formula is C48H72N6O9S2. The number of rotatable bonds is 27. The van der Waals surface area contributed by atoms with Crippen molar-refractivity contribution < 1.29 is 42.1 Å². The fourth-order valence-corrected chi connectivity index (χ4v) is 11.4. The summed E-state index contributed by atoms with van der Waals surface area (Å²) in [6, 6.07) is 21.3. The average Bonchev–Trinajstić information content (AvgIpc) is 3.28. The molecule has 0 aromatic heterocycles. The molecule has 1 saturated heterocycles. The van der Waals surface area contributed by atoms with Crippen LogP contribution in [0.1, 0.15) is 77.0 Å². The SMILES string of the molecule is CN(C)c1cccc2c(S(=O)(=O)NCCCCCCN(CCCCCCNS(=O)(=O)c3cccc4c(N(C)C)cccc34)C(=O)CCCCCN3C[C@H](O)[C@@H](O)[C@@H](O)[C@H]3CO)cccc12. The Bertz CT molecular complexity index is 2230. The number of fused-ring (bicyclic) bond motifs is 2. The van der Waals surface area contributed by atoms with Gasteiger partial charge in [-0.15, -0.1) is 0 Å². The number of amides is 1. The van der Waals surface area contributed by atoms with Crippen molar-refractivity contribution >= 4 is 58.9 Å². The third-order valence-electron chi connectivity index (χ3n) is 12.5. The van der Waals surface area contributed by atoms with Gasteiger partial charge in [0.25, 0.3) is 0 Å². The summed E-state index contributed by atoms with van der Waals surface area (Å²) < 4.78 is 59.0. The predicted molar refractivity (Wildman–Crippen MR) is 259 cm³/mol. The van der Waals surface area contributed by atoms with Crippen molar-refractivity contribution in [2.75, 3.05) is 83.9 Å². The molecule has 4 aromatic carbocycles. The zero-order chi connectivity index (χ0) is 47.1. The van der Waals surface area contributed by atoms with Crippen molar-refractivity contribution in [3.8, 4) is 0 Å². The van der Waals surface area contributed by atoms with Gasteiger partial charge in [-0.2, -0.15) is 0 Å². The molecule has 1 aliphatic heterocycles. The third-order valence-corrected chi connectivity index (χ3v) is 15.5. The number of aliphatic hydroxyl groups excluding tert-OH is 4. The van der Waals surface area contributed by atoms with E-state index in [0.29, 0.717) is 75.6 Å². The molecule has 1 fully saturated rings. The Labute approximate surface area is 386 Å². The van der Waals surface area contributed by atoms with Gasteiger partial charge in [0.1, 0.15) is 12.2 Å². The van der Waals surface area contributed by atoms with Gasteiger partial charge in [-0.3, -0.25) is 9.69 Å². The molecule has 0 spiro atoms. The van der Waals surface area contributed by atoms with E-state index in [1.165, 1.54) is 0 Å². The number of hydrogen-bond donors (Lipinski definition) is 6. The van der Waals surface area contributed by atoms with Crippen molar-refractivity contribution in [2.45, 2.75) is 111 Å². The second-order valence-corrected chi connectivity index (χ2v) is 21.1.